The van der Waals surface area contributed by atoms with Crippen LogP contribution in [0.3, 0.4) is 0 Å². The fraction of sp³-hybridized carbons (Fsp3) is 0.615. The number of hydrogen-bond donors (Lipinski definition) is 2. The lowest BCUT2D eigenvalue weighted by molar-refractivity contribution is -0.123. The van der Waals surface area contributed by atoms with Crippen molar-refractivity contribution in [1.82, 2.24) is 15.5 Å². The van der Waals surface area contributed by atoms with Gasteiger partial charge in [-0.3, -0.25) is 9.69 Å². The summed E-state index contributed by atoms with van der Waals surface area (Å²) in [5, 5.41) is 6.19. The van der Waals surface area contributed by atoms with E-state index in [-0.39, 0.29) is 18.0 Å². The van der Waals surface area contributed by atoms with E-state index in [9.17, 15) is 4.79 Å². The van der Waals surface area contributed by atoms with Gasteiger partial charge < -0.3 is 15.1 Å². The minimum Gasteiger partial charge on any atom is -0.468 e. The summed E-state index contributed by atoms with van der Waals surface area (Å²) in [7, 11) is 3.96. The van der Waals surface area contributed by atoms with Gasteiger partial charge in [-0.15, -0.1) is 0 Å². The molecule has 0 saturated carbocycles. The Morgan fingerprint density at radius 3 is 3.06 bits per heavy atom. The molecule has 5 heteroatoms. The van der Waals surface area contributed by atoms with Gasteiger partial charge in [0.1, 0.15) is 5.76 Å². The normalized spacial score (nSPS) is 21.2. The van der Waals surface area contributed by atoms with Crippen LogP contribution in [0.5, 0.6) is 0 Å². The van der Waals surface area contributed by atoms with Crippen LogP contribution in [-0.4, -0.2) is 44.0 Å². The Kier molecular flexibility index (Phi) is 4.38. The van der Waals surface area contributed by atoms with E-state index in [4.69, 9.17) is 4.42 Å². The molecular weight excluding hydrogens is 230 g/mol. The van der Waals surface area contributed by atoms with E-state index < -0.39 is 0 Å². The molecule has 2 rings (SSSR count). The number of likely N-dealkylation sites (N-methyl/N-ethyl adjacent to an activating group) is 1. The summed E-state index contributed by atoms with van der Waals surface area (Å²) in [6, 6.07) is 3.85. The van der Waals surface area contributed by atoms with Crippen molar-refractivity contribution in [3.8, 4) is 0 Å². The van der Waals surface area contributed by atoms with E-state index in [1.165, 1.54) is 0 Å². The molecule has 0 spiro atoms. The van der Waals surface area contributed by atoms with Crippen molar-refractivity contribution in [2.24, 2.45) is 0 Å². The fourth-order valence-electron chi connectivity index (χ4n) is 2.25. The highest BCUT2D eigenvalue weighted by Crippen LogP contribution is 2.17. The van der Waals surface area contributed by atoms with Crippen LogP contribution in [0.2, 0.25) is 0 Å². The Morgan fingerprint density at radius 2 is 2.50 bits per heavy atom. The molecule has 1 aliphatic rings. The maximum Gasteiger partial charge on any atom is 0.237 e. The molecule has 2 atom stereocenters. The van der Waals surface area contributed by atoms with Gasteiger partial charge in [0.2, 0.25) is 5.91 Å². The second-order valence-corrected chi connectivity index (χ2v) is 4.89. The molecule has 1 aliphatic heterocycles. The van der Waals surface area contributed by atoms with Crippen molar-refractivity contribution in [3.05, 3.63) is 24.2 Å². The summed E-state index contributed by atoms with van der Waals surface area (Å²) in [5.74, 6) is 0.964. The van der Waals surface area contributed by atoms with Gasteiger partial charge in [-0.25, -0.2) is 0 Å². The predicted molar refractivity (Wildman–Crippen MR) is 69.2 cm³/mol. The van der Waals surface area contributed by atoms with Crippen molar-refractivity contribution >= 4 is 5.91 Å². The number of carbonyl (C=O) groups excluding carboxylic acids is 1. The summed E-state index contributed by atoms with van der Waals surface area (Å²) < 4.78 is 5.41. The van der Waals surface area contributed by atoms with Gasteiger partial charge >= 0.3 is 0 Å². The third kappa shape index (κ3) is 3.11. The highest BCUT2D eigenvalue weighted by atomic mass is 16.3. The summed E-state index contributed by atoms with van der Waals surface area (Å²) >= 11 is 0. The first-order valence-corrected chi connectivity index (χ1v) is 6.39. The van der Waals surface area contributed by atoms with Gasteiger partial charge in [-0.2, -0.15) is 0 Å². The van der Waals surface area contributed by atoms with E-state index in [0.29, 0.717) is 6.54 Å². The number of rotatable bonds is 5. The second-order valence-electron chi connectivity index (χ2n) is 4.89. The van der Waals surface area contributed by atoms with E-state index in [2.05, 4.69) is 10.6 Å². The average Bonchev–Trinajstić information content (AvgIpc) is 3.01. The number of nitrogens with one attached hydrogen (secondary N) is 2. The zero-order chi connectivity index (χ0) is 13.0. The van der Waals surface area contributed by atoms with Gasteiger partial charge in [-0.05, 0) is 45.6 Å². The van der Waals surface area contributed by atoms with Crippen molar-refractivity contribution < 1.29 is 9.21 Å². The van der Waals surface area contributed by atoms with Crippen LogP contribution in [0, 0.1) is 0 Å². The Balaban J connectivity index is 1.88. The maximum absolute atomic E-state index is 11.9. The molecule has 0 bridgehead atoms. The lowest BCUT2D eigenvalue weighted by Crippen LogP contribution is -2.43. The Morgan fingerprint density at radius 1 is 1.67 bits per heavy atom. The Hall–Kier alpha value is -1.33. The fourth-order valence-corrected chi connectivity index (χ4v) is 2.25. The van der Waals surface area contributed by atoms with E-state index >= 15 is 0 Å². The molecule has 1 aromatic heterocycles. The van der Waals surface area contributed by atoms with Crippen molar-refractivity contribution in [1.29, 1.82) is 0 Å². The van der Waals surface area contributed by atoms with Gasteiger partial charge in [-0.1, -0.05) is 0 Å². The smallest absolute Gasteiger partial charge is 0.237 e. The van der Waals surface area contributed by atoms with Gasteiger partial charge in [0, 0.05) is 6.54 Å². The Labute approximate surface area is 108 Å². The quantitative estimate of drug-likeness (QED) is 0.811. The molecule has 18 heavy (non-hydrogen) atoms. The molecule has 0 radical (unpaired) electrons. The standard InChI is InChI=1S/C13H21N3O2/c1-16(2)11(12-6-4-8-18-12)9-15-13(17)10-5-3-7-14-10/h4,6,8,10-11,14H,3,5,7,9H2,1-2H3,(H,15,17)/t10-,11?/m1/s1. The van der Waals surface area contributed by atoms with Gasteiger partial charge in [0.15, 0.2) is 0 Å². The number of carbonyl (C=O) groups is 1. The molecule has 1 amide bonds. The van der Waals surface area contributed by atoms with E-state index in [1.54, 1.807) is 6.26 Å². The third-order valence-electron chi connectivity index (χ3n) is 3.34. The number of nitrogens with zero attached hydrogens (tertiary/aromatic N) is 1. The maximum atomic E-state index is 11.9. The molecule has 1 fully saturated rings. The largest absolute Gasteiger partial charge is 0.468 e. The van der Waals surface area contributed by atoms with E-state index in [0.717, 1.165) is 25.1 Å². The molecule has 0 aliphatic carbocycles. The number of hydrogen-bond acceptors (Lipinski definition) is 4. The molecule has 5 nitrogen and oxygen atoms in total. The van der Waals surface area contributed by atoms with Gasteiger partial charge in [0.05, 0.1) is 18.3 Å². The average molecular weight is 251 g/mol. The summed E-state index contributed by atoms with van der Waals surface area (Å²) in [4.78, 5) is 14.0. The minimum absolute atomic E-state index is 0.0237. The minimum atomic E-state index is -0.0237. The number of furan rings is 1. The monoisotopic (exact) mass is 251 g/mol. The van der Waals surface area contributed by atoms with Crippen LogP contribution in [-0.2, 0) is 4.79 Å². The lowest BCUT2D eigenvalue weighted by Gasteiger charge is -2.23. The van der Waals surface area contributed by atoms with Gasteiger partial charge in [0.25, 0.3) is 0 Å². The summed E-state index contributed by atoms with van der Waals surface area (Å²) in [6.07, 6.45) is 3.67. The highest BCUT2D eigenvalue weighted by molar-refractivity contribution is 5.82. The first-order valence-electron chi connectivity index (χ1n) is 6.39. The molecule has 0 aromatic carbocycles. The predicted octanol–water partition coefficient (Wildman–Crippen LogP) is 0.750. The van der Waals surface area contributed by atoms with Crippen molar-refractivity contribution in [2.75, 3.05) is 27.2 Å². The number of amides is 1. The topological polar surface area (TPSA) is 57.5 Å². The molecule has 1 saturated heterocycles. The first kappa shape index (κ1) is 13.1. The van der Waals surface area contributed by atoms with Crippen LogP contribution < -0.4 is 10.6 Å². The third-order valence-corrected chi connectivity index (χ3v) is 3.34. The highest BCUT2D eigenvalue weighted by Gasteiger charge is 2.24. The van der Waals surface area contributed by atoms with Crippen LogP contribution in [0.4, 0.5) is 0 Å². The molecular formula is C13H21N3O2. The molecule has 1 unspecified atom stereocenters. The first-order chi connectivity index (χ1) is 8.68. The summed E-state index contributed by atoms with van der Waals surface area (Å²) in [6.45, 7) is 1.50. The van der Waals surface area contributed by atoms with E-state index in [1.807, 2.05) is 31.1 Å². The summed E-state index contributed by atoms with van der Waals surface area (Å²) in [5.41, 5.74) is 0. The molecule has 2 heterocycles. The van der Waals surface area contributed by atoms with Crippen LogP contribution >= 0.6 is 0 Å². The lowest BCUT2D eigenvalue weighted by atomic mass is 10.2. The van der Waals surface area contributed by atoms with Crippen molar-refractivity contribution in [3.63, 3.8) is 0 Å². The second kappa shape index (κ2) is 6.02. The zero-order valence-corrected chi connectivity index (χ0v) is 11.0. The van der Waals surface area contributed by atoms with Crippen molar-refractivity contribution in [2.45, 2.75) is 24.9 Å². The van der Waals surface area contributed by atoms with Crippen LogP contribution in [0.25, 0.3) is 0 Å². The zero-order valence-electron chi connectivity index (χ0n) is 11.0. The Bertz CT molecular complexity index is 370. The van der Waals surface area contributed by atoms with Crippen LogP contribution in [0.15, 0.2) is 22.8 Å². The van der Waals surface area contributed by atoms with Crippen LogP contribution in [0.1, 0.15) is 24.6 Å². The molecule has 100 valence electrons. The molecule has 1 aromatic rings. The SMILES string of the molecule is CN(C)C(CNC(=O)[C@H]1CCCN1)c1ccco1. The molecule has 2 N–H and O–H groups in total.